The van der Waals surface area contributed by atoms with Crippen LogP contribution in [0.5, 0.6) is 0 Å². The van der Waals surface area contributed by atoms with E-state index in [9.17, 15) is 4.79 Å². The highest BCUT2D eigenvalue weighted by atomic mass is 32.1. The maximum atomic E-state index is 10.8. The summed E-state index contributed by atoms with van der Waals surface area (Å²) in [4.78, 5) is 16.0. The molecule has 0 aromatic carbocycles. The van der Waals surface area contributed by atoms with Crippen LogP contribution in [-0.4, -0.2) is 10.8 Å². The molecule has 1 aromatic heterocycles. The van der Waals surface area contributed by atoms with Gasteiger partial charge < -0.3 is 0 Å². The van der Waals surface area contributed by atoms with Gasteiger partial charge in [-0.1, -0.05) is 13.8 Å². The molecule has 0 aliphatic heterocycles. The number of rotatable bonds is 2. The van der Waals surface area contributed by atoms with Gasteiger partial charge in [-0.05, 0) is 5.92 Å². The maximum Gasteiger partial charge on any atom is 0.188 e. The maximum absolute atomic E-state index is 10.8. The van der Waals surface area contributed by atoms with Crippen molar-refractivity contribution in [2.24, 2.45) is 0 Å². The minimum absolute atomic E-state index is 0.0573. The highest BCUT2D eigenvalue weighted by Crippen LogP contribution is 2.21. The van der Waals surface area contributed by atoms with Crippen molar-refractivity contribution in [1.29, 1.82) is 0 Å². The first-order valence-corrected chi connectivity index (χ1v) is 4.39. The molecule has 1 aromatic rings. The number of hydrogen-bond acceptors (Lipinski definition) is 3. The first-order chi connectivity index (χ1) is 5.11. The molecule has 3 heteroatoms. The third-order valence-electron chi connectivity index (χ3n) is 1.39. The number of Topliss-reactive ketones (excluding diaryl/α,β-unsaturated/α-hetero) is 1. The fourth-order valence-electron chi connectivity index (χ4n) is 0.716. The molecule has 0 spiro atoms. The fourth-order valence-corrected chi connectivity index (χ4v) is 1.53. The number of carbonyl (C=O) groups excluding carboxylic acids is 1. The number of thiazole rings is 1. The van der Waals surface area contributed by atoms with Crippen LogP contribution in [0.3, 0.4) is 0 Å². The van der Waals surface area contributed by atoms with E-state index in [-0.39, 0.29) is 5.78 Å². The fraction of sp³-hybridized carbons (Fsp3) is 0.500. The monoisotopic (exact) mass is 169 g/mol. The third-order valence-corrected chi connectivity index (χ3v) is 2.79. The number of hydrogen-bond donors (Lipinski definition) is 0. The van der Waals surface area contributed by atoms with Gasteiger partial charge >= 0.3 is 0 Å². The molecule has 1 heterocycles. The van der Waals surface area contributed by atoms with E-state index in [1.54, 1.807) is 13.1 Å². The Labute approximate surface area is 70.3 Å². The molecular formula is C8H11NOS. The van der Waals surface area contributed by atoms with Crippen molar-refractivity contribution in [3.8, 4) is 0 Å². The van der Waals surface area contributed by atoms with E-state index in [2.05, 4.69) is 18.8 Å². The van der Waals surface area contributed by atoms with Crippen LogP contribution in [0.1, 0.15) is 41.4 Å². The highest BCUT2D eigenvalue weighted by molar-refractivity contribution is 7.13. The van der Waals surface area contributed by atoms with Gasteiger partial charge in [-0.3, -0.25) is 4.79 Å². The van der Waals surface area contributed by atoms with Crippen LogP contribution >= 0.6 is 11.3 Å². The Morgan fingerprint density at radius 2 is 2.27 bits per heavy atom. The Morgan fingerprint density at radius 3 is 2.55 bits per heavy atom. The van der Waals surface area contributed by atoms with E-state index in [1.165, 1.54) is 16.2 Å². The lowest BCUT2D eigenvalue weighted by Gasteiger charge is -1.95. The zero-order valence-corrected chi connectivity index (χ0v) is 7.73. The summed E-state index contributed by atoms with van der Waals surface area (Å²) in [6.45, 7) is 5.73. The molecule has 0 bridgehead atoms. The van der Waals surface area contributed by atoms with Crippen molar-refractivity contribution < 1.29 is 4.79 Å². The Hall–Kier alpha value is -0.700. The molecule has 0 unspecified atom stereocenters. The van der Waals surface area contributed by atoms with Crippen LogP contribution in [0.15, 0.2) is 6.20 Å². The van der Waals surface area contributed by atoms with Gasteiger partial charge in [0.1, 0.15) is 0 Å². The Kier molecular flexibility index (Phi) is 2.39. The normalized spacial score (nSPS) is 10.5. The van der Waals surface area contributed by atoms with Gasteiger partial charge in [0.25, 0.3) is 0 Å². The van der Waals surface area contributed by atoms with Crippen molar-refractivity contribution in [2.45, 2.75) is 26.7 Å². The SMILES string of the molecule is CC(=O)c1ncc(C(C)C)s1. The van der Waals surface area contributed by atoms with Crippen LogP contribution < -0.4 is 0 Å². The molecule has 60 valence electrons. The average Bonchev–Trinajstić information content (AvgIpc) is 2.33. The average molecular weight is 169 g/mol. The lowest BCUT2D eigenvalue weighted by atomic mass is 10.2. The lowest BCUT2D eigenvalue weighted by Crippen LogP contribution is -1.87. The minimum Gasteiger partial charge on any atom is -0.292 e. The molecular weight excluding hydrogens is 158 g/mol. The molecule has 1 rings (SSSR count). The predicted octanol–water partition coefficient (Wildman–Crippen LogP) is 2.47. The molecule has 11 heavy (non-hydrogen) atoms. The molecule has 0 N–H and O–H groups in total. The molecule has 0 fully saturated rings. The molecule has 0 saturated heterocycles. The second kappa shape index (κ2) is 3.13. The summed E-state index contributed by atoms with van der Waals surface area (Å²) in [7, 11) is 0. The number of carbonyl (C=O) groups is 1. The summed E-state index contributed by atoms with van der Waals surface area (Å²) in [5.74, 6) is 0.530. The molecule has 0 radical (unpaired) electrons. The standard InChI is InChI=1S/C8H11NOS/c1-5(2)7-4-9-8(11-7)6(3)10/h4-5H,1-3H3. The summed E-state index contributed by atoms with van der Waals surface area (Å²) < 4.78 is 0. The van der Waals surface area contributed by atoms with Crippen LogP contribution in [-0.2, 0) is 0 Å². The molecule has 0 aliphatic carbocycles. The van der Waals surface area contributed by atoms with Crippen molar-refractivity contribution in [2.75, 3.05) is 0 Å². The van der Waals surface area contributed by atoms with Gasteiger partial charge in [0, 0.05) is 18.0 Å². The van der Waals surface area contributed by atoms with E-state index in [4.69, 9.17) is 0 Å². The van der Waals surface area contributed by atoms with Crippen LogP contribution in [0.2, 0.25) is 0 Å². The lowest BCUT2D eigenvalue weighted by molar-refractivity contribution is 0.101. The van der Waals surface area contributed by atoms with Gasteiger partial charge in [-0.2, -0.15) is 0 Å². The summed E-state index contributed by atoms with van der Waals surface area (Å²) >= 11 is 1.49. The van der Waals surface area contributed by atoms with E-state index in [0.717, 1.165) is 0 Å². The molecule has 0 saturated carbocycles. The number of nitrogens with zero attached hydrogens (tertiary/aromatic N) is 1. The molecule has 2 nitrogen and oxygen atoms in total. The Morgan fingerprint density at radius 1 is 1.64 bits per heavy atom. The van der Waals surface area contributed by atoms with Gasteiger partial charge in [-0.15, -0.1) is 11.3 Å². The second-order valence-electron chi connectivity index (χ2n) is 2.78. The minimum atomic E-state index is 0.0573. The van der Waals surface area contributed by atoms with Gasteiger partial charge in [0.05, 0.1) is 0 Å². The largest absolute Gasteiger partial charge is 0.292 e. The quantitative estimate of drug-likeness (QED) is 0.636. The molecule has 0 aliphatic rings. The molecule has 0 atom stereocenters. The van der Waals surface area contributed by atoms with Gasteiger partial charge in [-0.25, -0.2) is 4.98 Å². The van der Waals surface area contributed by atoms with Crippen LogP contribution in [0, 0.1) is 0 Å². The zero-order valence-electron chi connectivity index (χ0n) is 6.92. The van der Waals surface area contributed by atoms with E-state index >= 15 is 0 Å². The second-order valence-corrected chi connectivity index (χ2v) is 3.84. The summed E-state index contributed by atoms with van der Waals surface area (Å²) in [5, 5.41) is 0.619. The van der Waals surface area contributed by atoms with Gasteiger partial charge in [0.2, 0.25) is 0 Å². The first-order valence-electron chi connectivity index (χ1n) is 3.58. The van der Waals surface area contributed by atoms with Crippen molar-refractivity contribution in [3.63, 3.8) is 0 Å². The summed E-state index contributed by atoms with van der Waals surface area (Å²) in [6.07, 6.45) is 1.78. The van der Waals surface area contributed by atoms with Crippen molar-refractivity contribution >= 4 is 17.1 Å². The third kappa shape index (κ3) is 1.87. The smallest absolute Gasteiger partial charge is 0.188 e. The summed E-state index contributed by atoms with van der Waals surface area (Å²) in [6, 6.07) is 0. The van der Waals surface area contributed by atoms with E-state index in [1.807, 2.05) is 0 Å². The van der Waals surface area contributed by atoms with Crippen molar-refractivity contribution in [3.05, 3.63) is 16.1 Å². The van der Waals surface area contributed by atoms with Crippen molar-refractivity contribution in [1.82, 2.24) is 4.98 Å². The topological polar surface area (TPSA) is 30.0 Å². The van der Waals surface area contributed by atoms with E-state index < -0.39 is 0 Å². The van der Waals surface area contributed by atoms with Gasteiger partial charge in [0.15, 0.2) is 10.8 Å². The predicted molar refractivity (Wildman–Crippen MR) is 46.2 cm³/mol. The van der Waals surface area contributed by atoms with Crippen LogP contribution in [0.4, 0.5) is 0 Å². The highest BCUT2D eigenvalue weighted by Gasteiger charge is 2.07. The van der Waals surface area contributed by atoms with E-state index in [0.29, 0.717) is 10.9 Å². The first kappa shape index (κ1) is 8.40. The Bertz CT molecular complexity index is 265. The number of ketones is 1. The van der Waals surface area contributed by atoms with Crippen LogP contribution in [0.25, 0.3) is 0 Å². The Balaban J connectivity index is 2.90. The zero-order chi connectivity index (χ0) is 8.43. The number of aromatic nitrogens is 1. The summed E-state index contributed by atoms with van der Waals surface area (Å²) in [5.41, 5.74) is 0. The molecule has 0 amide bonds.